The third-order valence-corrected chi connectivity index (χ3v) is 6.89. The van der Waals surface area contributed by atoms with Crippen LogP contribution in [0.3, 0.4) is 0 Å². The Kier molecular flexibility index (Phi) is 8.16. The number of pyridine rings is 1. The Morgan fingerprint density at radius 3 is 2.47 bits per heavy atom. The number of carbonyl (C=O) groups excluding carboxylic acids is 1. The number of nitrogens with zero attached hydrogens (tertiary/aromatic N) is 3. The molecule has 0 aliphatic carbocycles. The van der Waals surface area contributed by atoms with Crippen LogP contribution in [0.2, 0.25) is 0 Å². The summed E-state index contributed by atoms with van der Waals surface area (Å²) in [6.45, 7) is 16.4. The fraction of sp³-hybridized carbons (Fsp3) is 0.484. The molecule has 4 heterocycles. The second kappa shape index (κ2) is 11.2. The van der Waals surface area contributed by atoms with E-state index in [1.807, 2.05) is 44.9 Å². The minimum atomic E-state index is -0.327. The van der Waals surface area contributed by atoms with Gasteiger partial charge in [-0.15, -0.1) is 0 Å². The standard InChI is InChI=1S/C29H35N3O4.C2H6/c1-18(2)36-24-15-21-19(14-23(24)34-6)9-11-31-26(21)25(20-8-7-10-30-16-20)22-17-35-13-12-32(29(3,4)5)28(33)27(22)31;1-2/h7-8,10,14-16,18H,9,11-13,17H2,1-6H3;1-2H3. The summed E-state index contributed by atoms with van der Waals surface area (Å²) >= 11 is 0. The number of fused-ring (bicyclic) bond motifs is 5. The van der Waals surface area contributed by atoms with Crippen LogP contribution in [-0.4, -0.2) is 52.3 Å². The van der Waals surface area contributed by atoms with Gasteiger partial charge in [-0.05, 0) is 64.8 Å². The Morgan fingerprint density at radius 1 is 1.08 bits per heavy atom. The molecule has 2 aliphatic heterocycles. The molecule has 0 bridgehead atoms. The number of rotatable bonds is 4. The molecule has 0 unspecified atom stereocenters. The van der Waals surface area contributed by atoms with Crippen LogP contribution < -0.4 is 9.47 Å². The molecule has 1 aromatic carbocycles. The lowest BCUT2D eigenvalue weighted by molar-refractivity contribution is 0.0336. The number of ether oxygens (including phenoxy) is 3. The molecule has 0 saturated carbocycles. The van der Waals surface area contributed by atoms with Crippen molar-refractivity contribution in [2.24, 2.45) is 0 Å². The number of aromatic nitrogens is 2. The zero-order valence-electron chi connectivity index (χ0n) is 24.1. The van der Waals surface area contributed by atoms with Gasteiger partial charge in [-0.25, -0.2) is 0 Å². The first-order valence-corrected chi connectivity index (χ1v) is 13.6. The highest BCUT2D eigenvalue weighted by molar-refractivity contribution is 6.01. The monoisotopic (exact) mass is 519 g/mol. The van der Waals surface area contributed by atoms with Gasteiger partial charge in [0.05, 0.1) is 32.1 Å². The van der Waals surface area contributed by atoms with E-state index < -0.39 is 0 Å². The predicted molar refractivity (Wildman–Crippen MR) is 151 cm³/mol. The van der Waals surface area contributed by atoms with Crippen LogP contribution in [0.15, 0.2) is 36.7 Å². The maximum absolute atomic E-state index is 14.2. The molecule has 5 rings (SSSR count). The minimum absolute atomic E-state index is 0.000622. The summed E-state index contributed by atoms with van der Waals surface area (Å²) in [6, 6.07) is 8.13. The van der Waals surface area contributed by atoms with Crippen LogP contribution in [-0.2, 0) is 24.3 Å². The molecule has 38 heavy (non-hydrogen) atoms. The maximum Gasteiger partial charge on any atom is 0.271 e. The number of carbonyl (C=O) groups is 1. The number of benzene rings is 1. The van der Waals surface area contributed by atoms with Crippen LogP contribution in [0, 0.1) is 0 Å². The second-order valence-electron chi connectivity index (χ2n) is 10.7. The summed E-state index contributed by atoms with van der Waals surface area (Å²) in [7, 11) is 1.67. The van der Waals surface area contributed by atoms with Gasteiger partial charge in [0.2, 0.25) is 0 Å². The number of aryl methyl sites for hydroxylation is 1. The molecule has 2 aliphatic rings. The van der Waals surface area contributed by atoms with E-state index in [0.29, 0.717) is 37.7 Å². The first kappa shape index (κ1) is 27.7. The van der Waals surface area contributed by atoms with Crippen LogP contribution in [0.25, 0.3) is 22.4 Å². The molecule has 7 nitrogen and oxygen atoms in total. The molecule has 0 atom stereocenters. The highest BCUT2D eigenvalue weighted by Gasteiger charge is 2.38. The Morgan fingerprint density at radius 2 is 1.84 bits per heavy atom. The van der Waals surface area contributed by atoms with Gasteiger partial charge >= 0.3 is 0 Å². The first-order chi connectivity index (χ1) is 18.2. The largest absolute Gasteiger partial charge is 0.493 e. The van der Waals surface area contributed by atoms with Crippen molar-refractivity contribution in [1.29, 1.82) is 0 Å². The Labute approximate surface area is 226 Å². The van der Waals surface area contributed by atoms with E-state index >= 15 is 0 Å². The lowest BCUT2D eigenvalue weighted by Crippen LogP contribution is -2.49. The van der Waals surface area contributed by atoms with Crippen molar-refractivity contribution in [1.82, 2.24) is 14.5 Å². The zero-order chi connectivity index (χ0) is 27.6. The van der Waals surface area contributed by atoms with Gasteiger partial charge in [0.25, 0.3) is 5.91 Å². The van der Waals surface area contributed by atoms with Crippen molar-refractivity contribution in [2.45, 2.75) is 79.7 Å². The van der Waals surface area contributed by atoms with E-state index in [0.717, 1.165) is 40.1 Å². The fourth-order valence-corrected chi connectivity index (χ4v) is 5.35. The van der Waals surface area contributed by atoms with E-state index in [-0.39, 0.29) is 17.6 Å². The Balaban J connectivity index is 0.00000164. The lowest BCUT2D eigenvalue weighted by atomic mass is 9.92. The number of methoxy groups -OCH3 is 1. The number of hydrogen-bond acceptors (Lipinski definition) is 5. The molecule has 0 saturated heterocycles. The molecule has 0 fully saturated rings. The SMILES string of the molecule is CC.COc1cc2c(cc1OC(C)C)-c1c(-c3cccnc3)c3c(n1CC2)C(=O)N(C(C)(C)C)CCOC3. The summed E-state index contributed by atoms with van der Waals surface area (Å²) in [5.41, 5.74) is 6.52. The molecular weight excluding hydrogens is 478 g/mol. The summed E-state index contributed by atoms with van der Waals surface area (Å²) in [6.07, 6.45) is 4.43. The van der Waals surface area contributed by atoms with Crippen molar-refractivity contribution in [2.75, 3.05) is 20.3 Å². The van der Waals surface area contributed by atoms with Crippen molar-refractivity contribution >= 4 is 5.91 Å². The van der Waals surface area contributed by atoms with Crippen LogP contribution in [0.1, 0.15) is 70.1 Å². The van der Waals surface area contributed by atoms with Gasteiger partial charge < -0.3 is 23.7 Å². The van der Waals surface area contributed by atoms with Gasteiger partial charge in [-0.3, -0.25) is 9.78 Å². The highest BCUT2D eigenvalue weighted by Crippen LogP contribution is 2.47. The van der Waals surface area contributed by atoms with Crippen molar-refractivity contribution in [3.05, 3.63) is 53.5 Å². The average molecular weight is 520 g/mol. The summed E-state index contributed by atoms with van der Waals surface area (Å²) < 4.78 is 20.2. The van der Waals surface area contributed by atoms with Gasteiger partial charge in [-0.2, -0.15) is 0 Å². The molecule has 7 heteroatoms. The zero-order valence-corrected chi connectivity index (χ0v) is 24.1. The number of hydrogen-bond donors (Lipinski definition) is 0. The molecule has 0 N–H and O–H groups in total. The summed E-state index contributed by atoms with van der Waals surface area (Å²) in [4.78, 5) is 20.5. The predicted octanol–water partition coefficient (Wildman–Crippen LogP) is 6.37. The topological polar surface area (TPSA) is 65.8 Å². The van der Waals surface area contributed by atoms with Gasteiger partial charge in [0, 0.05) is 53.3 Å². The second-order valence-corrected chi connectivity index (χ2v) is 10.7. The van der Waals surface area contributed by atoms with Gasteiger partial charge in [0.1, 0.15) is 5.69 Å². The third kappa shape index (κ3) is 5.04. The van der Waals surface area contributed by atoms with Gasteiger partial charge in [0.15, 0.2) is 11.5 Å². The molecule has 0 spiro atoms. The van der Waals surface area contributed by atoms with E-state index in [2.05, 4.69) is 48.5 Å². The first-order valence-electron chi connectivity index (χ1n) is 13.6. The Hall–Kier alpha value is -3.32. The molecule has 0 radical (unpaired) electrons. The fourth-order valence-electron chi connectivity index (χ4n) is 5.35. The lowest BCUT2D eigenvalue weighted by Gasteiger charge is -2.37. The molecule has 204 valence electrons. The molecular formula is C31H41N3O4. The van der Waals surface area contributed by atoms with E-state index in [9.17, 15) is 4.79 Å². The Bertz CT molecular complexity index is 1290. The third-order valence-electron chi connectivity index (χ3n) is 6.89. The van der Waals surface area contributed by atoms with E-state index in [1.165, 1.54) is 5.56 Å². The van der Waals surface area contributed by atoms with Crippen molar-refractivity contribution < 1.29 is 19.0 Å². The summed E-state index contributed by atoms with van der Waals surface area (Å²) in [5, 5.41) is 0. The molecule has 2 aromatic heterocycles. The molecule has 1 amide bonds. The van der Waals surface area contributed by atoms with Crippen molar-refractivity contribution in [3.8, 4) is 33.9 Å². The average Bonchev–Trinajstić information content (AvgIpc) is 3.21. The minimum Gasteiger partial charge on any atom is -0.493 e. The molecule has 3 aromatic rings. The van der Waals surface area contributed by atoms with Crippen LogP contribution in [0.5, 0.6) is 11.5 Å². The van der Waals surface area contributed by atoms with E-state index in [4.69, 9.17) is 14.2 Å². The maximum atomic E-state index is 14.2. The van der Waals surface area contributed by atoms with Crippen LogP contribution >= 0.6 is 0 Å². The van der Waals surface area contributed by atoms with Crippen LogP contribution in [0.4, 0.5) is 0 Å². The normalized spacial score (nSPS) is 15.0. The van der Waals surface area contributed by atoms with Gasteiger partial charge in [-0.1, -0.05) is 19.9 Å². The van der Waals surface area contributed by atoms with E-state index in [1.54, 1.807) is 13.3 Å². The summed E-state index contributed by atoms with van der Waals surface area (Å²) in [5.74, 6) is 1.47. The van der Waals surface area contributed by atoms with Crippen molar-refractivity contribution in [3.63, 3.8) is 0 Å². The smallest absolute Gasteiger partial charge is 0.271 e. The number of amides is 1. The highest BCUT2D eigenvalue weighted by atomic mass is 16.5. The quantitative estimate of drug-likeness (QED) is 0.401.